The van der Waals surface area contributed by atoms with Crippen LogP contribution in [0.25, 0.3) is 5.95 Å². The average molecular weight is 301 g/mol. The summed E-state index contributed by atoms with van der Waals surface area (Å²) in [7, 11) is 0. The van der Waals surface area contributed by atoms with Gasteiger partial charge in [0.25, 0.3) is 5.56 Å². The number of anilines is 1. The highest BCUT2D eigenvalue weighted by molar-refractivity contribution is 5.93. The zero-order valence-electron chi connectivity index (χ0n) is 12.7. The van der Waals surface area contributed by atoms with E-state index in [0.717, 1.165) is 31.4 Å². The molecule has 1 fully saturated rings. The van der Waals surface area contributed by atoms with Gasteiger partial charge >= 0.3 is 0 Å². The number of amides is 1. The Morgan fingerprint density at radius 3 is 2.91 bits per heavy atom. The molecule has 0 atom stereocenters. The van der Waals surface area contributed by atoms with Crippen molar-refractivity contribution >= 4 is 11.7 Å². The molecule has 2 heterocycles. The number of rotatable bonds is 5. The second kappa shape index (κ2) is 5.75. The Morgan fingerprint density at radius 2 is 2.23 bits per heavy atom. The maximum atomic E-state index is 12.0. The molecule has 1 aliphatic carbocycles. The van der Waals surface area contributed by atoms with Gasteiger partial charge in [-0.15, -0.1) is 0 Å². The SMILES string of the molecule is CCCc1cc(=O)[nH]c(-n2nc(C)cc2NC(=O)C2CC2)n1. The van der Waals surface area contributed by atoms with Gasteiger partial charge in [-0.25, -0.2) is 4.98 Å². The van der Waals surface area contributed by atoms with Gasteiger partial charge < -0.3 is 5.32 Å². The molecule has 2 aromatic rings. The van der Waals surface area contributed by atoms with Crippen molar-refractivity contribution in [3.05, 3.63) is 33.9 Å². The van der Waals surface area contributed by atoms with Crippen LogP contribution in [0.15, 0.2) is 16.9 Å². The molecular formula is C15H19N5O2. The molecule has 0 aliphatic heterocycles. The molecule has 1 saturated carbocycles. The number of nitrogens with zero attached hydrogens (tertiary/aromatic N) is 3. The number of carbonyl (C=O) groups excluding carboxylic acids is 1. The number of nitrogens with one attached hydrogen (secondary N) is 2. The van der Waals surface area contributed by atoms with Crippen molar-refractivity contribution in [1.29, 1.82) is 0 Å². The number of H-pyrrole nitrogens is 1. The van der Waals surface area contributed by atoms with E-state index in [1.54, 1.807) is 6.07 Å². The fourth-order valence-electron chi connectivity index (χ4n) is 2.30. The smallest absolute Gasteiger partial charge is 0.252 e. The second-order valence-corrected chi connectivity index (χ2v) is 5.66. The summed E-state index contributed by atoms with van der Waals surface area (Å²) in [4.78, 5) is 30.9. The van der Waals surface area contributed by atoms with E-state index in [1.165, 1.54) is 10.7 Å². The number of carbonyl (C=O) groups is 1. The molecule has 22 heavy (non-hydrogen) atoms. The van der Waals surface area contributed by atoms with Gasteiger partial charge in [-0.2, -0.15) is 9.78 Å². The van der Waals surface area contributed by atoms with Gasteiger partial charge in [0.15, 0.2) is 0 Å². The molecule has 0 radical (unpaired) electrons. The van der Waals surface area contributed by atoms with Crippen LogP contribution in [0, 0.1) is 12.8 Å². The first-order chi connectivity index (χ1) is 10.6. The summed E-state index contributed by atoms with van der Waals surface area (Å²) in [6.45, 7) is 3.86. The standard InChI is InChI=1S/C15H19N5O2/c1-3-4-11-8-13(21)18-15(16-11)20-12(7-9(2)19-20)17-14(22)10-5-6-10/h7-8,10H,3-6H2,1-2H3,(H,17,22)(H,16,18,21). The van der Waals surface area contributed by atoms with Gasteiger partial charge in [-0.1, -0.05) is 13.3 Å². The molecular weight excluding hydrogens is 282 g/mol. The van der Waals surface area contributed by atoms with Crippen molar-refractivity contribution in [1.82, 2.24) is 19.7 Å². The third kappa shape index (κ3) is 3.08. The van der Waals surface area contributed by atoms with Crippen LogP contribution >= 0.6 is 0 Å². The summed E-state index contributed by atoms with van der Waals surface area (Å²) in [6.07, 6.45) is 3.49. The minimum Gasteiger partial charge on any atom is -0.310 e. The molecule has 2 N–H and O–H groups in total. The van der Waals surface area contributed by atoms with Gasteiger partial charge in [0.05, 0.1) is 5.69 Å². The Hall–Kier alpha value is -2.44. The highest BCUT2D eigenvalue weighted by Gasteiger charge is 2.30. The second-order valence-electron chi connectivity index (χ2n) is 5.66. The number of aryl methyl sites for hydroxylation is 2. The number of hydrogen-bond acceptors (Lipinski definition) is 4. The summed E-state index contributed by atoms with van der Waals surface area (Å²) in [5, 5.41) is 7.19. The first kappa shape index (κ1) is 14.5. The number of hydrogen-bond donors (Lipinski definition) is 2. The van der Waals surface area contributed by atoms with E-state index in [9.17, 15) is 9.59 Å². The highest BCUT2D eigenvalue weighted by atomic mass is 16.2. The van der Waals surface area contributed by atoms with Crippen LogP contribution in [-0.2, 0) is 11.2 Å². The van der Waals surface area contributed by atoms with Crippen LogP contribution in [0.3, 0.4) is 0 Å². The maximum Gasteiger partial charge on any atom is 0.252 e. The van der Waals surface area contributed by atoms with Crippen LogP contribution in [0.2, 0.25) is 0 Å². The van der Waals surface area contributed by atoms with Crippen molar-refractivity contribution in [2.45, 2.75) is 39.5 Å². The summed E-state index contributed by atoms with van der Waals surface area (Å²) in [5.41, 5.74) is 1.24. The fourth-order valence-corrected chi connectivity index (χ4v) is 2.30. The Bertz CT molecular complexity index is 758. The van der Waals surface area contributed by atoms with Crippen LogP contribution in [0.1, 0.15) is 37.6 Å². The summed E-state index contributed by atoms with van der Waals surface area (Å²) >= 11 is 0. The predicted octanol–water partition coefficient (Wildman–Crippen LogP) is 1.57. The van der Waals surface area contributed by atoms with Crippen LogP contribution < -0.4 is 10.9 Å². The Kier molecular flexibility index (Phi) is 3.79. The minimum absolute atomic E-state index is 0.00629. The molecule has 2 aromatic heterocycles. The molecule has 0 spiro atoms. The van der Waals surface area contributed by atoms with Gasteiger partial charge in [0.2, 0.25) is 11.9 Å². The molecule has 7 nitrogen and oxygen atoms in total. The van der Waals surface area contributed by atoms with E-state index in [0.29, 0.717) is 17.5 Å². The topological polar surface area (TPSA) is 92.7 Å². The normalized spacial score (nSPS) is 14.1. The summed E-state index contributed by atoms with van der Waals surface area (Å²) in [6, 6.07) is 3.26. The number of aromatic nitrogens is 4. The van der Waals surface area contributed by atoms with Crippen LogP contribution in [0.5, 0.6) is 0 Å². The molecule has 1 aliphatic rings. The lowest BCUT2D eigenvalue weighted by Gasteiger charge is -2.08. The van der Waals surface area contributed by atoms with Crippen molar-refractivity contribution in [3.63, 3.8) is 0 Å². The van der Waals surface area contributed by atoms with Crippen LogP contribution in [-0.4, -0.2) is 25.7 Å². The van der Waals surface area contributed by atoms with E-state index >= 15 is 0 Å². The molecule has 0 aromatic carbocycles. The lowest BCUT2D eigenvalue weighted by Crippen LogP contribution is -2.20. The maximum absolute atomic E-state index is 12.0. The summed E-state index contributed by atoms with van der Waals surface area (Å²) in [5.74, 6) is 0.955. The van der Waals surface area contributed by atoms with E-state index in [4.69, 9.17) is 0 Å². The molecule has 0 bridgehead atoms. The van der Waals surface area contributed by atoms with E-state index in [-0.39, 0.29) is 17.4 Å². The Balaban J connectivity index is 1.96. The molecule has 116 valence electrons. The van der Waals surface area contributed by atoms with Gasteiger partial charge in [0.1, 0.15) is 5.82 Å². The minimum atomic E-state index is -0.221. The third-order valence-electron chi connectivity index (χ3n) is 3.52. The third-order valence-corrected chi connectivity index (χ3v) is 3.52. The molecule has 1 amide bonds. The Morgan fingerprint density at radius 1 is 1.45 bits per heavy atom. The first-order valence-electron chi connectivity index (χ1n) is 7.55. The van der Waals surface area contributed by atoms with Gasteiger partial charge in [-0.05, 0) is 26.2 Å². The Labute approximate surface area is 127 Å². The average Bonchev–Trinajstić information content (AvgIpc) is 3.23. The summed E-state index contributed by atoms with van der Waals surface area (Å²) < 4.78 is 1.48. The lowest BCUT2D eigenvalue weighted by molar-refractivity contribution is -0.117. The molecule has 0 saturated heterocycles. The van der Waals surface area contributed by atoms with E-state index in [2.05, 4.69) is 20.4 Å². The van der Waals surface area contributed by atoms with Crippen molar-refractivity contribution in [2.24, 2.45) is 5.92 Å². The molecule has 0 unspecified atom stereocenters. The van der Waals surface area contributed by atoms with Crippen LogP contribution in [0.4, 0.5) is 5.82 Å². The fraction of sp³-hybridized carbons (Fsp3) is 0.467. The highest BCUT2D eigenvalue weighted by Crippen LogP contribution is 2.30. The van der Waals surface area contributed by atoms with Gasteiger partial charge in [0, 0.05) is 23.7 Å². The van der Waals surface area contributed by atoms with E-state index in [1.807, 2.05) is 13.8 Å². The van der Waals surface area contributed by atoms with Crippen molar-refractivity contribution < 1.29 is 4.79 Å². The first-order valence-corrected chi connectivity index (χ1v) is 7.55. The monoisotopic (exact) mass is 301 g/mol. The molecule has 3 rings (SSSR count). The zero-order valence-corrected chi connectivity index (χ0v) is 12.7. The molecule has 7 heteroatoms. The van der Waals surface area contributed by atoms with Gasteiger partial charge in [-0.3, -0.25) is 14.6 Å². The quantitative estimate of drug-likeness (QED) is 0.876. The van der Waals surface area contributed by atoms with Crippen molar-refractivity contribution in [3.8, 4) is 5.95 Å². The largest absolute Gasteiger partial charge is 0.310 e. The lowest BCUT2D eigenvalue weighted by atomic mass is 10.2. The zero-order chi connectivity index (χ0) is 15.7. The predicted molar refractivity (Wildman–Crippen MR) is 82.1 cm³/mol. The number of aromatic amines is 1. The van der Waals surface area contributed by atoms with Crippen molar-refractivity contribution in [2.75, 3.05) is 5.32 Å². The van der Waals surface area contributed by atoms with E-state index < -0.39 is 0 Å².